The third-order valence-electron chi connectivity index (χ3n) is 4.65. The molecule has 3 aromatic heterocycles. The van der Waals surface area contributed by atoms with Gasteiger partial charge >= 0.3 is 0 Å². The third-order valence-corrected chi connectivity index (χ3v) is 5.55. The Morgan fingerprint density at radius 1 is 1.20 bits per heavy atom. The lowest BCUT2D eigenvalue weighted by Gasteiger charge is -2.17. The number of ether oxygens (including phenoxy) is 1. The van der Waals surface area contributed by atoms with Crippen LogP contribution >= 0.6 is 11.3 Å². The number of rotatable bonds is 6. The smallest absolute Gasteiger partial charge is 0.268 e. The lowest BCUT2D eigenvalue weighted by atomic mass is 10.1. The van der Waals surface area contributed by atoms with Crippen molar-refractivity contribution in [1.82, 2.24) is 19.9 Å². The Hall–Kier alpha value is -3.52. The van der Waals surface area contributed by atoms with Gasteiger partial charge in [-0.05, 0) is 30.0 Å². The second-order valence-corrected chi connectivity index (χ2v) is 7.78. The second kappa shape index (κ2) is 8.46. The summed E-state index contributed by atoms with van der Waals surface area (Å²) in [6, 6.07) is 15.0. The number of carbonyl (C=O) groups excluding carboxylic acids is 1. The van der Waals surface area contributed by atoms with Crippen LogP contribution in [-0.2, 0) is 6.54 Å². The molecule has 3 heterocycles. The molecule has 1 atom stereocenters. The van der Waals surface area contributed by atoms with Crippen LogP contribution in [0, 0.1) is 0 Å². The quantitative estimate of drug-likeness (QED) is 0.513. The zero-order chi connectivity index (χ0) is 21.1. The van der Waals surface area contributed by atoms with E-state index in [1.165, 1.54) is 22.4 Å². The number of nitrogens with one attached hydrogen (secondary N) is 1. The predicted molar refractivity (Wildman–Crippen MR) is 116 cm³/mol. The van der Waals surface area contributed by atoms with E-state index in [0.29, 0.717) is 27.5 Å². The Kier molecular flexibility index (Phi) is 5.58. The summed E-state index contributed by atoms with van der Waals surface area (Å²) in [5, 5.41) is 1.82. The van der Waals surface area contributed by atoms with Crippen molar-refractivity contribution in [2.24, 2.45) is 0 Å². The van der Waals surface area contributed by atoms with Gasteiger partial charge in [0.15, 0.2) is 0 Å². The Morgan fingerprint density at radius 2 is 2.00 bits per heavy atom. The van der Waals surface area contributed by atoms with Gasteiger partial charge in [-0.3, -0.25) is 9.59 Å². The van der Waals surface area contributed by atoms with Crippen molar-refractivity contribution in [3.05, 3.63) is 87.4 Å². The highest BCUT2D eigenvalue weighted by molar-refractivity contribution is 7.17. The maximum absolute atomic E-state index is 12.7. The highest BCUT2D eigenvalue weighted by Gasteiger charge is 2.15. The molecular formula is C22H20N4O3S. The average molecular weight is 420 g/mol. The predicted octanol–water partition coefficient (Wildman–Crippen LogP) is 3.79. The molecule has 1 N–H and O–H groups in total. The van der Waals surface area contributed by atoms with Crippen molar-refractivity contribution < 1.29 is 9.53 Å². The van der Waals surface area contributed by atoms with Gasteiger partial charge in [0, 0.05) is 19.3 Å². The van der Waals surface area contributed by atoms with Crippen LogP contribution in [0.2, 0.25) is 0 Å². The summed E-state index contributed by atoms with van der Waals surface area (Å²) in [7, 11) is 1.65. The van der Waals surface area contributed by atoms with Crippen molar-refractivity contribution >= 4 is 27.5 Å². The van der Waals surface area contributed by atoms with Gasteiger partial charge in [0.05, 0.1) is 17.6 Å². The number of amides is 1. The van der Waals surface area contributed by atoms with E-state index in [9.17, 15) is 9.59 Å². The summed E-state index contributed by atoms with van der Waals surface area (Å²) < 4.78 is 6.43. The molecule has 0 aliphatic heterocycles. The maximum atomic E-state index is 12.7. The number of hydrogen-bond donors (Lipinski definition) is 1. The normalized spacial score (nSPS) is 11.9. The summed E-state index contributed by atoms with van der Waals surface area (Å²) in [6.45, 7) is 2.13. The van der Waals surface area contributed by atoms with Gasteiger partial charge in [0.1, 0.15) is 16.6 Å². The first kappa shape index (κ1) is 19.8. The fourth-order valence-corrected chi connectivity index (χ4v) is 3.79. The number of aromatic amines is 1. The molecule has 0 unspecified atom stereocenters. The zero-order valence-corrected chi connectivity index (χ0v) is 17.3. The van der Waals surface area contributed by atoms with E-state index in [1.54, 1.807) is 25.2 Å². The largest absolute Gasteiger partial charge is 0.470 e. The lowest BCUT2D eigenvalue weighted by molar-refractivity contribution is 0.0781. The number of thiophene rings is 1. The molecule has 0 saturated carbocycles. The number of carbonyl (C=O) groups is 1. The van der Waals surface area contributed by atoms with Gasteiger partial charge in [-0.15, -0.1) is 11.3 Å². The Balaban J connectivity index is 1.43. The highest BCUT2D eigenvalue weighted by atomic mass is 32.1. The molecule has 4 rings (SSSR count). The van der Waals surface area contributed by atoms with Crippen LogP contribution in [0.25, 0.3) is 10.2 Å². The number of benzene rings is 1. The molecule has 0 fully saturated rings. The molecule has 1 amide bonds. The Labute approximate surface area is 177 Å². The molecule has 0 aliphatic carbocycles. The minimum Gasteiger partial charge on any atom is -0.470 e. The van der Waals surface area contributed by atoms with Crippen molar-refractivity contribution in [2.45, 2.75) is 19.6 Å². The molecule has 0 radical (unpaired) electrons. The minimum absolute atomic E-state index is 0.155. The first-order valence-electron chi connectivity index (χ1n) is 9.41. The average Bonchev–Trinajstić information content (AvgIpc) is 3.23. The maximum Gasteiger partial charge on any atom is 0.268 e. The molecule has 0 saturated heterocycles. The fraction of sp³-hybridized carbons (Fsp3) is 0.182. The first-order valence-corrected chi connectivity index (χ1v) is 10.3. The van der Waals surface area contributed by atoms with Crippen LogP contribution in [0.4, 0.5) is 0 Å². The summed E-state index contributed by atoms with van der Waals surface area (Å²) >= 11 is 1.34. The molecular weight excluding hydrogens is 400 g/mol. The minimum atomic E-state index is -0.224. The van der Waals surface area contributed by atoms with Crippen LogP contribution in [-0.4, -0.2) is 32.8 Å². The molecule has 0 aliphatic rings. The number of aromatic nitrogens is 3. The van der Waals surface area contributed by atoms with E-state index < -0.39 is 0 Å². The van der Waals surface area contributed by atoms with E-state index in [-0.39, 0.29) is 24.1 Å². The van der Waals surface area contributed by atoms with E-state index >= 15 is 0 Å². The van der Waals surface area contributed by atoms with Crippen LogP contribution in [0.1, 0.15) is 34.8 Å². The van der Waals surface area contributed by atoms with Crippen molar-refractivity contribution in [2.75, 3.05) is 7.05 Å². The van der Waals surface area contributed by atoms with Crippen molar-refractivity contribution in [3.8, 4) is 5.88 Å². The van der Waals surface area contributed by atoms with E-state index in [2.05, 4.69) is 15.0 Å². The fourth-order valence-electron chi connectivity index (χ4n) is 3.06. The topological polar surface area (TPSA) is 88.2 Å². The molecule has 0 spiro atoms. The van der Waals surface area contributed by atoms with Crippen LogP contribution in [0.15, 0.2) is 64.9 Å². The summed E-state index contributed by atoms with van der Waals surface area (Å²) in [4.78, 5) is 37.7. The molecule has 0 bridgehead atoms. The monoisotopic (exact) mass is 420 g/mol. The Morgan fingerprint density at radius 3 is 2.73 bits per heavy atom. The number of pyridine rings is 1. The SMILES string of the molecule is C[C@H](Oc1ccc(C(=O)N(C)Cc2nc3ccsc3c(=O)[nH]2)cn1)c1ccccc1. The highest BCUT2D eigenvalue weighted by Crippen LogP contribution is 2.20. The van der Waals surface area contributed by atoms with Gasteiger partial charge in [-0.2, -0.15) is 0 Å². The molecule has 8 heteroatoms. The number of hydrogen-bond acceptors (Lipinski definition) is 6. The lowest BCUT2D eigenvalue weighted by Crippen LogP contribution is -2.28. The van der Waals surface area contributed by atoms with Crippen LogP contribution in [0.3, 0.4) is 0 Å². The van der Waals surface area contributed by atoms with Gasteiger partial charge in [-0.25, -0.2) is 9.97 Å². The third kappa shape index (κ3) is 4.23. The van der Waals surface area contributed by atoms with Gasteiger partial charge < -0.3 is 14.6 Å². The van der Waals surface area contributed by atoms with Gasteiger partial charge in [0.2, 0.25) is 5.88 Å². The van der Waals surface area contributed by atoms with Crippen molar-refractivity contribution in [1.29, 1.82) is 0 Å². The van der Waals surface area contributed by atoms with Crippen molar-refractivity contribution in [3.63, 3.8) is 0 Å². The van der Waals surface area contributed by atoms with E-state index in [1.807, 2.05) is 42.6 Å². The zero-order valence-electron chi connectivity index (χ0n) is 16.5. The van der Waals surface area contributed by atoms with Gasteiger partial charge in [0.25, 0.3) is 11.5 Å². The van der Waals surface area contributed by atoms with E-state index in [4.69, 9.17) is 4.74 Å². The van der Waals surface area contributed by atoms with Crippen LogP contribution < -0.4 is 10.3 Å². The summed E-state index contributed by atoms with van der Waals surface area (Å²) in [6.07, 6.45) is 1.34. The number of nitrogens with zero attached hydrogens (tertiary/aromatic N) is 3. The Bertz CT molecular complexity index is 1220. The van der Waals surface area contributed by atoms with E-state index in [0.717, 1.165) is 5.56 Å². The molecule has 4 aromatic rings. The molecule has 7 nitrogen and oxygen atoms in total. The summed E-state index contributed by atoms with van der Waals surface area (Å²) in [5.41, 5.74) is 1.91. The molecule has 1 aromatic carbocycles. The van der Waals surface area contributed by atoms with Gasteiger partial charge in [-0.1, -0.05) is 30.3 Å². The standard InChI is InChI=1S/C22H20N4O3S/c1-14(15-6-4-3-5-7-15)29-19-9-8-16(12-23-19)22(28)26(2)13-18-24-17-10-11-30-20(17)21(27)25-18/h3-12,14H,13H2,1-2H3,(H,24,25,27)/t14-/m0/s1. The number of H-pyrrole nitrogens is 1. The molecule has 152 valence electrons. The summed E-state index contributed by atoms with van der Waals surface area (Å²) in [5.74, 6) is 0.657. The molecule has 30 heavy (non-hydrogen) atoms. The second-order valence-electron chi connectivity index (χ2n) is 6.86. The number of fused-ring (bicyclic) bond motifs is 1. The first-order chi connectivity index (χ1) is 14.5. The van der Waals surface area contributed by atoms with Crippen LogP contribution in [0.5, 0.6) is 5.88 Å².